The quantitative estimate of drug-likeness (QED) is 0.642. The number of rotatable bonds is 3. The van der Waals surface area contributed by atoms with Crippen molar-refractivity contribution < 1.29 is 9.90 Å². The number of carbonyl (C=O) groups is 1. The van der Waals surface area contributed by atoms with Crippen LogP contribution in [-0.2, 0) is 11.8 Å². The highest BCUT2D eigenvalue weighted by Gasteiger charge is 2.19. The number of aromatic nitrogens is 2. The second-order valence-electron chi connectivity index (χ2n) is 2.59. The topological polar surface area (TPSA) is 81.1 Å². The molecule has 1 aromatic rings. The number of carboxylic acids is 1. The van der Waals surface area contributed by atoms with Crippen molar-refractivity contribution in [2.24, 2.45) is 12.8 Å². The van der Waals surface area contributed by atoms with Gasteiger partial charge in [-0.1, -0.05) is 0 Å². The van der Waals surface area contributed by atoms with Gasteiger partial charge in [-0.25, -0.2) is 4.98 Å². The predicted octanol–water partition coefficient (Wildman–Crippen LogP) is -0.453. The van der Waals surface area contributed by atoms with Gasteiger partial charge >= 0.3 is 5.97 Å². The molecule has 0 radical (unpaired) electrons. The van der Waals surface area contributed by atoms with Crippen LogP contribution in [0.15, 0.2) is 12.5 Å². The summed E-state index contributed by atoms with van der Waals surface area (Å²) in [7, 11) is 1.78. The van der Waals surface area contributed by atoms with Crippen LogP contribution in [0.5, 0.6) is 0 Å². The summed E-state index contributed by atoms with van der Waals surface area (Å²) >= 11 is 0. The molecule has 0 saturated heterocycles. The Morgan fingerprint density at radius 3 is 2.92 bits per heavy atom. The summed E-state index contributed by atoms with van der Waals surface area (Å²) in [6.45, 7) is 0.0757. The van der Waals surface area contributed by atoms with Gasteiger partial charge in [-0.2, -0.15) is 0 Å². The van der Waals surface area contributed by atoms with Crippen LogP contribution in [-0.4, -0.2) is 27.2 Å². The number of imidazole rings is 1. The lowest BCUT2D eigenvalue weighted by atomic mass is 10.1. The Morgan fingerprint density at radius 1 is 1.92 bits per heavy atom. The highest BCUT2D eigenvalue weighted by molar-refractivity contribution is 5.75. The molecule has 0 amide bonds. The molecule has 5 heteroatoms. The zero-order valence-electron chi connectivity index (χ0n) is 6.77. The largest absolute Gasteiger partial charge is 0.481 e. The van der Waals surface area contributed by atoms with Crippen LogP contribution in [0.1, 0.15) is 11.6 Å². The number of nitrogens with zero attached hydrogens (tertiary/aromatic N) is 2. The summed E-state index contributed by atoms with van der Waals surface area (Å²) in [4.78, 5) is 14.5. The molecular formula is C7H11N3O2. The Bertz CT molecular complexity index is 282. The van der Waals surface area contributed by atoms with Crippen molar-refractivity contribution in [2.45, 2.75) is 5.92 Å². The van der Waals surface area contributed by atoms with Gasteiger partial charge in [0.1, 0.15) is 5.92 Å². The number of nitrogens with two attached hydrogens (primary N) is 1. The van der Waals surface area contributed by atoms with E-state index in [1.807, 2.05) is 0 Å². The van der Waals surface area contributed by atoms with E-state index >= 15 is 0 Å². The first-order valence-electron chi connectivity index (χ1n) is 3.56. The number of carboxylic acid groups (broad SMARTS) is 1. The Balaban J connectivity index is 2.87. The molecule has 1 rings (SSSR count). The van der Waals surface area contributed by atoms with Gasteiger partial charge in [-0.15, -0.1) is 0 Å². The molecule has 0 spiro atoms. The molecule has 1 atom stereocenters. The molecule has 0 aliphatic heterocycles. The van der Waals surface area contributed by atoms with Crippen LogP contribution >= 0.6 is 0 Å². The molecule has 0 aliphatic rings. The van der Waals surface area contributed by atoms with E-state index in [0.717, 1.165) is 0 Å². The third kappa shape index (κ3) is 1.62. The van der Waals surface area contributed by atoms with Gasteiger partial charge in [0, 0.05) is 19.8 Å². The fourth-order valence-corrected chi connectivity index (χ4v) is 0.961. The molecule has 1 unspecified atom stereocenters. The van der Waals surface area contributed by atoms with E-state index in [1.165, 1.54) is 0 Å². The fourth-order valence-electron chi connectivity index (χ4n) is 0.961. The molecule has 12 heavy (non-hydrogen) atoms. The minimum absolute atomic E-state index is 0.0757. The van der Waals surface area contributed by atoms with Gasteiger partial charge in [0.05, 0.1) is 12.0 Å². The van der Waals surface area contributed by atoms with Crippen LogP contribution in [0.25, 0.3) is 0 Å². The zero-order chi connectivity index (χ0) is 9.14. The number of hydrogen-bond acceptors (Lipinski definition) is 3. The molecule has 0 aliphatic carbocycles. The Kier molecular flexibility index (Phi) is 2.44. The number of aliphatic carboxylic acids is 1. The first-order chi connectivity index (χ1) is 5.65. The first kappa shape index (κ1) is 8.73. The van der Waals surface area contributed by atoms with E-state index < -0.39 is 11.9 Å². The normalized spacial score (nSPS) is 12.8. The number of aryl methyl sites for hydroxylation is 1. The van der Waals surface area contributed by atoms with Crippen LogP contribution < -0.4 is 5.73 Å². The van der Waals surface area contributed by atoms with Crippen molar-refractivity contribution in [2.75, 3.05) is 6.54 Å². The second-order valence-corrected chi connectivity index (χ2v) is 2.59. The van der Waals surface area contributed by atoms with Crippen LogP contribution in [0.4, 0.5) is 0 Å². The summed E-state index contributed by atoms with van der Waals surface area (Å²) < 4.78 is 1.70. The molecule has 5 nitrogen and oxygen atoms in total. The minimum Gasteiger partial charge on any atom is -0.481 e. The molecule has 66 valence electrons. The van der Waals surface area contributed by atoms with E-state index in [4.69, 9.17) is 10.8 Å². The van der Waals surface area contributed by atoms with Gasteiger partial charge in [0.25, 0.3) is 0 Å². The molecule has 3 N–H and O–H groups in total. The first-order valence-corrected chi connectivity index (χ1v) is 3.56. The smallest absolute Gasteiger partial charge is 0.313 e. The lowest BCUT2D eigenvalue weighted by molar-refractivity contribution is -0.138. The molecule has 1 heterocycles. The third-order valence-electron chi connectivity index (χ3n) is 1.62. The van der Waals surface area contributed by atoms with E-state index in [-0.39, 0.29) is 6.54 Å². The van der Waals surface area contributed by atoms with Gasteiger partial charge in [0.15, 0.2) is 0 Å². The summed E-state index contributed by atoms with van der Waals surface area (Å²) in [6.07, 6.45) is 3.21. The maximum absolute atomic E-state index is 10.6. The van der Waals surface area contributed by atoms with Crippen LogP contribution in [0.2, 0.25) is 0 Å². The summed E-state index contributed by atoms with van der Waals surface area (Å²) in [5.41, 5.74) is 5.79. The maximum atomic E-state index is 10.6. The lowest BCUT2D eigenvalue weighted by Gasteiger charge is -2.04. The monoisotopic (exact) mass is 169 g/mol. The molecule has 1 aromatic heterocycles. The SMILES string of the molecule is Cn1cnc(C(CN)C(=O)O)c1. The zero-order valence-corrected chi connectivity index (χ0v) is 6.77. The fraction of sp³-hybridized carbons (Fsp3) is 0.429. The van der Waals surface area contributed by atoms with Crippen LogP contribution in [0.3, 0.4) is 0 Å². The number of hydrogen-bond donors (Lipinski definition) is 2. The van der Waals surface area contributed by atoms with Gasteiger partial charge in [-0.3, -0.25) is 4.79 Å². The van der Waals surface area contributed by atoms with Crippen molar-refractivity contribution in [3.05, 3.63) is 18.2 Å². The Morgan fingerprint density at radius 2 is 2.58 bits per heavy atom. The minimum atomic E-state index is -0.934. The summed E-state index contributed by atoms with van der Waals surface area (Å²) in [5.74, 6) is -1.62. The Hall–Kier alpha value is -1.36. The van der Waals surface area contributed by atoms with Crippen molar-refractivity contribution in [1.29, 1.82) is 0 Å². The molecule has 0 bridgehead atoms. The van der Waals surface area contributed by atoms with Crippen molar-refractivity contribution in [3.63, 3.8) is 0 Å². The van der Waals surface area contributed by atoms with Crippen molar-refractivity contribution >= 4 is 5.97 Å². The molecule has 0 fully saturated rings. The van der Waals surface area contributed by atoms with Crippen molar-refractivity contribution in [1.82, 2.24) is 9.55 Å². The molecule has 0 aromatic carbocycles. The lowest BCUT2D eigenvalue weighted by Crippen LogP contribution is -2.21. The predicted molar refractivity (Wildman–Crippen MR) is 42.6 cm³/mol. The van der Waals surface area contributed by atoms with Gasteiger partial charge in [0.2, 0.25) is 0 Å². The van der Waals surface area contributed by atoms with Gasteiger partial charge < -0.3 is 15.4 Å². The second kappa shape index (κ2) is 3.36. The molecule has 0 saturated carbocycles. The van der Waals surface area contributed by atoms with E-state index in [0.29, 0.717) is 5.69 Å². The van der Waals surface area contributed by atoms with Crippen LogP contribution in [0, 0.1) is 0 Å². The highest BCUT2D eigenvalue weighted by atomic mass is 16.4. The summed E-state index contributed by atoms with van der Waals surface area (Å²) in [6, 6.07) is 0. The van der Waals surface area contributed by atoms with E-state index in [9.17, 15) is 4.79 Å². The highest BCUT2D eigenvalue weighted by Crippen LogP contribution is 2.10. The van der Waals surface area contributed by atoms with E-state index in [2.05, 4.69) is 4.98 Å². The average Bonchev–Trinajstić information content (AvgIpc) is 2.37. The average molecular weight is 169 g/mol. The van der Waals surface area contributed by atoms with E-state index in [1.54, 1.807) is 24.1 Å². The maximum Gasteiger partial charge on any atom is 0.313 e. The molecular weight excluding hydrogens is 158 g/mol. The Labute approximate surface area is 69.8 Å². The van der Waals surface area contributed by atoms with Crippen molar-refractivity contribution in [3.8, 4) is 0 Å². The third-order valence-corrected chi connectivity index (χ3v) is 1.62. The van der Waals surface area contributed by atoms with Gasteiger partial charge in [-0.05, 0) is 0 Å². The standard InChI is InChI=1S/C7H11N3O2/c1-10-3-6(9-4-10)5(2-8)7(11)12/h3-5H,2,8H2,1H3,(H,11,12). The summed E-state index contributed by atoms with van der Waals surface area (Å²) in [5, 5.41) is 8.71.